The van der Waals surface area contributed by atoms with Gasteiger partial charge in [0.1, 0.15) is 0 Å². The highest BCUT2D eigenvalue weighted by atomic mass is 16.5. The molecule has 0 saturated heterocycles. The number of hydrogen-bond acceptors (Lipinski definition) is 5. The normalized spacial score (nSPS) is 10.1. The topological polar surface area (TPSA) is 89.8 Å². The maximum Gasteiger partial charge on any atom is 0.291 e. The molecule has 138 valence electrons. The van der Waals surface area contributed by atoms with Crippen LogP contribution in [0.15, 0.2) is 65.3 Å². The van der Waals surface area contributed by atoms with Crippen LogP contribution in [-0.4, -0.2) is 26.0 Å². The molecule has 0 fully saturated rings. The fourth-order valence-electron chi connectivity index (χ4n) is 2.46. The maximum absolute atomic E-state index is 12.5. The van der Waals surface area contributed by atoms with Crippen LogP contribution in [0, 0.1) is 0 Å². The molecule has 1 heterocycles. The highest BCUT2D eigenvalue weighted by Gasteiger charge is 2.12. The van der Waals surface area contributed by atoms with Gasteiger partial charge in [-0.1, -0.05) is 6.07 Å². The monoisotopic (exact) mass is 366 g/mol. The number of hydrogen-bond donors (Lipinski definition) is 2. The number of rotatable bonds is 6. The van der Waals surface area contributed by atoms with Crippen LogP contribution in [0.3, 0.4) is 0 Å². The minimum Gasteiger partial charge on any atom is -0.493 e. The molecule has 2 aromatic carbocycles. The Kier molecular flexibility index (Phi) is 5.41. The second-order valence-corrected chi connectivity index (χ2v) is 5.54. The summed E-state index contributed by atoms with van der Waals surface area (Å²) < 4.78 is 15.4. The average Bonchev–Trinajstić information content (AvgIpc) is 3.22. The number of anilines is 2. The van der Waals surface area contributed by atoms with Crippen molar-refractivity contribution in [2.45, 2.75) is 0 Å². The third-order valence-corrected chi connectivity index (χ3v) is 3.77. The Morgan fingerprint density at radius 2 is 1.52 bits per heavy atom. The summed E-state index contributed by atoms with van der Waals surface area (Å²) in [6, 6.07) is 14.9. The van der Waals surface area contributed by atoms with Crippen LogP contribution in [-0.2, 0) is 0 Å². The van der Waals surface area contributed by atoms with Crippen LogP contribution in [0.4, 0.5) is 11.4 Å². The second kappa shape index (κ2) is 8.09. The van der Waals surface area contributed by atoms with E-state index in [9.17, 15) is 9.59 Å². The van der Waals surface area contributed by atoms with Crippen LogP contribution in [0.5, 0.6) is 11.5 Å². The lowest BCUT2D eigenvalue weighted by molar-refractivity contribution is 0.0995. The lowest BCUT2D eigenvalue weighted by atomic mass is 10.1. The Balaban J connectivity index is 1.72. The second-order valence-electron chi connectivity index (χ2n) is 5.54. The molecule has 7 nitrogen and oxygen atoms in total. The van der Waals surface area contributed by atoms with Crippen molar-refractivity contribution in [1.29, 1.82) is 0 Å². The van der Waals surface area contributed by atoms with Gasteiger partial charge in [-0.05, 0) is 48.5 Å². The van der Waals surface area contributed by atoms with Gasteiger partial charge in [0.05, 0.1) is 20.5 Å². The van der Waals surface area contributed by atoms with Gasteiger partial charge in [0, 0.05) is 16.9 Å². The van der Waals surface area contributed by atoms with Crippen molar-refractivity contribution in [3.8, 4) is 11.5 Å². The maximum atomic E-state index is 12.5. The van der Waals surface area contributed by atoms with Crippen molar-refractivity contribution < 1.29 is 23.5 Å². The highest BCUT2D eigenvalue weighted by Crippen LogP contribution is 2.28. The van der Waals surface area contributed by atoms with Gasteiger partial charge >= 0.3 is 0 Å². The van der Waals surface area contributed by atoms with Crippen LogP contribution in [0.1, 0.15) is 20.9 Å². The van der Waals surface area contributed by atoms with E-state index < -0.39 is 0 Å². The highest BCUT2D eigenvalue weighted by molar-refractivity contribution is 6.06. The van der Waals surface area contributed by atoms with Gasteiger partial charge in [-0.2, -0.15) is 0 Å². The Bertz CT molecular complexity index is 951. The number of amides is 2. The largest absolute Gasteiger partial charge is 0.493 e. The minimum absolute atomic E-state index is 0.203. The number of carbonyl (C=O) groups is 2. The molecule has 2 N–H and O–H groups in total. The number of carbonyl (C=O) groups excluding carboxylic acids is 2. The van der Waals surface area contributed by atoms with Crippen molar-refractivity contribution in [3.05, 3.63) is 72.2 Å². The summed E-state index contributed by atoms with van der Waals surface area (Å²) >= 11 is 0. The van der Waals surface area contributed by atoms with E-state index in [1.807, 2.05) is 0 Å². The van der Waals surface area contributed by atoms with Crippen molar-refractivity contribution >= 4 is 23.2 Å². The predicted octanol–water partition coefficient (Wildman–Crippen LogP) is 3.80. The summed E-state index contributed by atoms with van der Waals surface area (Å²) in [5, 5.41) is 5.50. The smallest absolute Gasteiger partial charge is 0.291 e. The Morgan fingerprint density at radius 3 is 2.15 bits per heavy atom. The van der Waals surface area contributed by atoms with E-state index in [-0.39, 0.29) is 17.6 Å². The first-order chi connectivity index (χ1) is 13.1. The fraction of sp³-hybridized carbons (Fsp3) is 0.100. The number of ether oxygens (including phenoxy) is 2. The summed E-state index contributed by atoms with van der Waals surface area (Å²) in [4.78, 5) is 24.5. The number of benzene rings is 2. The summed E-state index contributed by atoms with van der Waals surface area (Å²) in [6.07, 6.45) is 1.43. The molecule has 0 aliphatic carbocycles. The van der Waals surface area contributed by atoms with E-state index in [4.69, 9.17) is 13.9 Å². The molecule has 27 heavy (non-hydrogen) atoms. The molecule has 0 aliphatic rings. The van der Waals surface area contributed by atoms with Gasteiger partial charge < -0.3 is 24.5 Å². The molecule has 0 bridgehead atoms. The van der Waals surface area contributed by atoms with Gasteiger partial charge in [0.2, 0.25) is 0 Å². The molecule has 7 heteroatoms. The zero-order valence-corrected chi connectivity index (χ0v) is 14.8. The molecular weight excluding hydrogens is 348 g/mol. The molecule has 2 amide bonds. The zero-order chi connectivity index (χ0) is 19.2. The summed E-state index contributed by atoms with van der Waals surface area (Å²) in [5.41, 5.74) is 1.48. The molecule has 0 atom stereocenters. The van der Waals surface area contributed by atoms with E-state index in [0.29, 0.717) is 28.4 Å². The van der Waals surface area contributed by atoms with E-state index in [1.54, 1.807) is 54.6 Å². The van der Waals surface area contributed by atoms with Crippen molar-refractivity contribution in [3.63, 3.8) is 0 Å². The quantitative estimate of drug-likeness (QED) is 0.692. The number of furan rings is 1. The van der Waals surface area contributed by atoms with Gasteiger partial charge in [-0.15, -0.1) is 0 Å². The molecule has 0 aliphatic heterocycles. The van der Waals surface area contributed by atoms with E-state index in [1.165, 1.54) is 20.5 Å². The predicted molar refractivity (Wildman–Crippen MR) is 101 cm³/mol. The molecule has 3 rings (SSSR count). The first-order valence-electron chi connectivity index (χ1n) is 8.09. The molecule has 0 unspecified atom stereocenters. The summed E-state index contributed by atoms with van der Waals surface area (Å²) in [5.74, 6) is 0.518. The van der Waals surface area contributed by atoms with Crippen molar-refractivity contribution in [2.24, 2.45) is 0 Å². The molecular formula is C20H18N2O5. The van der Waals surface area contributed by atoms with Crippen LogP contribution < -0.4 is 20.1 Å². The van der Waals surface area contributed by atoms with Crippen LogP contribution in [0.2, 0.25) is 0 Å². The minimum atomic E-state index is -0.372. The Morgan fingerprint density at radius 1 is 0.815 bits per heavy atom. The fourth-order valence-corrected chi connectivity index (χ4v) is 2.46. The zero-order valence-electron chi connectivity index (χ0n) is 14.8. The standard InChI is InChI=1S/C20H18N2O5/c1-25-16-9-8-13(11-18(16)26-2)19(23)21-14-5-3-6-15(12-14)22-20(24)17-7-4-10-27-17/h3-12H,1-2H3,(H,21,23)(H,22,24). The van der Waals surface area contributed by atoms with Gasteiger partial charge in [0.25, 0.3) is 11.8 Å². The molecule has 1 aromatic heterocycles. The summed E-state index contributed by atoms with van der Waals surface area (Å²) in [6.45, 7) is 0. The van der Waals surface area contributed by atoms with Gasteiger partial charge in [0.15, 0.2) is 17.3 Å². The summed E-state index contributed by atoms with van der Waals surface area (Å²) in [7, 11) is 3.03. The molecule has 0 spiro atoms. The Labute approximate surface area is 155 Å². The third-order valence-electron chi connectivity index (χ3n) is 3.77. The van der Waals surface area contributed by atoms with E-state index in [2.05, 4.69) is 10.6 Å². The third kappa shape index (κ3) is 4.27. The van der Waals surface area contributed by atoms with Crippen LogP contribution >= 0.6 is 0 Å². The van der Waals surface area contributed by atoms with Crippen LogP contribution in [0.25, 0.3) is 0 Å². The average molecular weight is 366 g/mol. The molecule has 0 radical (unpaired) electrons. The first kappa shape index (κ1) is 18.1. The Hall–Kier alpha value is -3.74. The number of methoxy groups -OCH3 is 2. The molecule has 0 saturated carbocycles. The van der Waals surface area contributed by atoms with E-state index >= 15 is 0 Å². The van der Waals surface area contributed by atoms with E-state index in [0.717, 1.165) is 0 Å². The lowest BCUT2D eigenvalue weighted by Gasteiger charge is -2.11. The van der Waals surface area contributed by atoms with Gasteiger partial charge in [-0.25, -0.2) is 0 Å². The van der Waals surface area contributed by atoms with Crippen molar-refractivity contribution in [2.75, 3.05) is 24.9 Å². The van der Waals surface area contributed by atoms with Crippen molar-refractivity contribution in [1.82, 2.24) is 0 Å². The SMILES string of the molecule is COc1ccc(C(=O)Nc2cccc(NC(=O)c3ccco3)c2)cc1OC. The molecule has 3 aromatic rings. The lowest BCUT2D eigenvalue weighted by Crippen LogP contribution is -2.13. The van der Waals surface area contributed by atoms with Gasteiger partial charge in [-0.3, -0.25) is 9.59 Å². The number of nitrogens with one attached hydrogen (secondary N) is 2. The first-order valence-corrected chi connectivity index (χ1v) is 8.09.